The molecule has 1 fully saturated rings. The number of furan rings is 1. The third-order valence-electron chi connectivity index (χ3n) is 3.43. The van der Waals surface area contributed by atoms with Crippen molar-refractivity contribution >= 4 is 6.03 Å². The molecule has 1 heterocycles. The molecule has 0 bridgehead atoms. The minimum Gasteiger partial charge on any atom is -0.467 e. The molecule has 1 aromatic heterocycles. The summed E-state index contributed by atoms with van der Waals surface area (Å²) in [5, 5.41) is 5.51. The van der Waals surface area contributed by atoms with Gasteiger partial charge in [-0.25, -0.2) is 4.79 Å². The number of carbonyl (C=O) groups excluding carboxylic acids is 1. The second-order valence-corrected chi connectivity index (χ2v) is 4.78. The predicted molar refractivity (Wildman–Crippen MR) is 69.8 cm³/mol. The van der Waals surface area contributed by atoms with Gasteiger partial charge in [0.1, 0.15) is 5.76 Å². The third kappa shape index (κ3) is 3.65. The van der Waals surface area contributed by atoms with Gasteiger partial charge in [-0.2, -0.15) is 0 Å². The molecule has 4 nitrogen and oxygen atoms in total. The second kappa shape index (κ2) is 6.28. The summed E-state index contributed by atoms with van der Waals surface area (Å²) < 4.78 is 5.13. The maximum atomic E-state index is 11.5. The van der Waals surface area contributed by atoms with Gasteiger partial charge in [0, 0.05) is 6.20 Å². The molecule has 0 saturated heterocycles. The molecule has 1 aliphatic rings. The number of urea groups is 1. The maximum absolute atomic E-state index is 11.5. The minimum absolute atomic E-state index is 0.191. The van der Waals surface area contributed by atoms with Gasteiger partial charge in [-0.15, -0.1) is 0 Å². The average molecular weight is 248 g/mol. The van der Waals surface area contributed by atoms with Crippen LogP contribution in [0.4, 0.5) is 4.79 Å². The highest BCUT2D eigenvalue weighted by atomic mass is 16.3. The molecular weight excluding hydrogens is 228 g/mol. The van der Waals surface area contributed by atoms with Crippen LogP contribution in [0.5, 0.6) is 0 Å². The fraction of sp³-hybridized carbons (Fsp3) is 0.500. The first-order valence-corrected chi connectivity index (χ1v) is 6.49. The lowest BCUT2D eigenvalue weighted by Crippen LogP contribution is -2.31. The van der Waals surface area contributed by atoms with Gasteiger partial charge in [0.15, 0.2) is 0 Å². The van der Waals surface area contributed by atoms with Crippen LogP contribution in [0.1, 0.15) is 38.4 Å². The van der Waals surface area contributed by atoms with Gasteiger partial charge in [0.25, 0.3) is 0 Å². The summed E-state index contributed by atoms with van der Waals surface area (Å²) in [6.45, 7) is 2.50. The molecule has 98 valence electrons. The molecule has 0 unspecified atom stereocenters. The van der Waals surface area contributed by atoms with E-state index in [4.69, 9.17) is 4.42 Å². The molecule has 1 aromatic rings. The number of allylic oxidation sites excluding steroid dienone is 1. The van der Waals surface area contributed by atoms with Crippen LogP contribution in [0.3, 0.4) is 0 Å². The lowest BCUT2D eigenvalue weighted by Gasteiger charge is -2.10. The summed E-state index contributed by atoms with van der Waals surface area (Å²) in [5.74, 6) is 1.40. The Morgan fingerprint density at radius 3 is 2.94 bits per heavy atom. The molecule has 0 aliphatic heterocycles. The van der Waals surface area contributed by atoms with Crippen LogP contribution >= 0.6 is 0 Å². The number of nitrogens with one attached hydrogen (secondary N) is 2. The highest BCUT2D eigenvalue weighted by Crippen LogP contribution is 2.30. The van der Waals surface area contributed by atoms with Crippen LogP contribution < -0.4 is 10.6 Å². The van der Waals surface area contributed by atoms with Gasteiger partial charge in [-0.3, -0.25) is 0 Å². The maximum Gasteiger partial charge on any atom is 0.319 e. The highest BCUT2D eigenvalue weighted by molar-refractivity contribution is 5.74. The van der Waals surface area contributed by atoms with Crippen LogP contribution in [-0.2, 0) is 6.54 Å². The van der Waals surface area contributed by atoms with Gasteiger partial charge in [-0.05, 0) is 37.8 Å². The Bertz CT molecular complexity index is 403. The Labute approximate surface area is 107 Å². The van der Waals surface area contributed by atoms with Crippen LogP contribution in [0.15, 0.2) is 34.6 Å². The standard InChI is InChI=1S/C14H20N2O2/c1-11(12-5-2-3-6-12)9-15-14(17)16-10-13-7-4-8-18-13/h4,7-9,12H,2-3,5-6,10H2,1H3,(H2,15,16,17)/b11-9+. The molecule has 0 spiro atoms. The first kappa shape index (κ1) is 12.7. The van der Waals surface area contributed by atoms with Crippen LogP contribution in [0.25, 0.3) is 0 Å². The van der Waals surface area contributed by atoms with Crippen molar-refractivity contribution in [1.82, 2.24) is 10.6 Å². The second-order valence-electron chi connectivity index (χ2n) is 4.78. The van der Waals surface area contributed by atoms with Crippen molar-refractivity contribution in [2.75, 3.05) is 0 Å². The Kier molecular flexibility index (Phi) is 4.45. The van der Waals surface area contributed by atoms with Crippen molar-refractivity contribution in [3.05, 3.63) is 35.9 Å². The van der Waals surface area contributed by atoms with E-state index in [0.717, 1.165) is 5.76 Å². The van der Waals surface area contributed by atoms with Gasteiger partial charge >= 0.3 is 6.03 Å². The lowest BCUT2D eigenvalue weighted by atomic mass is 10.0. The van der Waals surface area contributed by atoms with Crippen LogP contribution in [0.2, 0.25) is 0 Å². The zero-order valence-electron chi connectivity index (χ0n) is 10.7. The smallest absolute Gasteiger partial charge is 0.319 e. The van der Waals surface area contributed by atoms with E-state index in [2.05, 4.69) is 17.6 Å². The molecular formula is C14H20N2O2. The zero-order chi connectivity index (χ0) is 12.8. The van der Waals surface area contributed by atoms with Crippen molar-refractivity contribution in [2.24, 2.45) is 5.92 Å². The van der Waals surface area contributed by atoms with E-state index < -0.39 is 0 Å². The summed E-state index contributed by atoms with van der Waals surface area (Å²) in [5.41, 5.74) is 1.26. The van der Waals surface area contributed by atoms with E-state index in [1.165, 1.54) is 31.3 Å². The molecule has 0 atom stereocenters. The van der Waals surface area contributed by atoms with E-state index in [9.17, 15) is 4.79 Å². The lowest BCUT2D eigenvalue weighted by molar-refractivity contribution is 0.242. The van der Waals surface area contributed by atoms with Crippen molar-refractivity contribution in [3.8, 4) is 0 Å². The number of hydrogen-bond acceptors (Lipinski definition) is 2. The molecule has 2 amide bonds. The molecule has 4 heteroatoms. The van der Waals surface area contributed by atoms with E-state index in [-0.39, 0.29) is 6.03 Å². The molecule has 1 aliphatic carbocycles. The summed E-state index contributed by atoms with van der Waals surface area (Å²) >= 11 is 0. The fourth-order valence-corrected chi connectivity index (χ4v) is 2.31. The number of rotatable bonds is 4. The number of carbonyl (C=O) groups is 1. The molecule has 2 rings (SSSR count). The molecule has 0 aromatic carbocycles. The van der Waals surface area contributed by atoms with Crippen LogP contribution in [0, 0.1) is 5.92 Å². The summed E-state index contributed by atoms with van der Waals surface area (Å²) in [6, 6.07) is 3.45. The normalized spacial score (nSPS) is 16.8. The number of amides is 2. The van der Waals surface area contributed by atoms with Crippen molar-refractivity contribution in [3.63, 3.8) is 0 Å². The van der Waals surface area contributed by atoms with E-state index in [0.29, 0.717) is 12.5 Å². The highest BCUT2D eigenvalue weighted by Gasteiger charge is 2.16. The summed E-state index contributed by atoms with van der Waals surface area (Å²) in [6.07, 6.45) is 8.53. The van der Waals surface area contributed by atoms with Gasteiger partial charge in [0.2, 0.25) is 0 Å². The topological polar surface area (TPSA) is 54.3 Å². The molecule has 1 saturated carbocycles. The monoisotopic (exact) mass is 248 g/mol. The number of hydrogen-bond donors (Lipinski definition) is 2. The van der Waals surface area contributed by atoms with Crippen molar-refractivity contribution in [1.29, 1.82) is 0 Å². The van der Waals surface area contributed by atoms with E-state index >= 15 is 0 Å². The van der Waals surface area contributed by atoms with Gasteiger partial charge in [-0.1, -0.05) is 18.4 Å². The molecule has 18 heavy (non-hydrogen) atoms. The Morgan fingerprint density at radius 1 is 1.50 bits per heavy atom. The van der Waals surface area contributed by atoms with Gasteiger partial charge in [0.05, 0.1) is 12.8 Å². The summed E-state index contributed by atoms with van der Waals surface area (Å²) in [4.78, 5) is 11.5. The minimum atomic E-state index is -0.191. The third-order valence-corrected chi connectivity index (χ3v) is 3.43. The van der Waals surface area contributed by atoms with Crippen LogP contribution in [-0.4, -0.2) is 6.03 Å². The zero-order valence-corrected chi connectivity index (χ0v) is 10.7. The predicted octanol–water partition coefficient (Wildman–Crippen LogP) is 3.17. The quantitative estimate of drug-likeness (QED) is 0.859. The molecule has 2 N–H and O–H groups in total. The molecule has 0 radical (unpaired) electrons. The average Bonchev–Trinajstić information content (AvgIpc) is 3.05. The largest absolute Gasteiger partial charge is 0.467 e. The van der Waals surface area contributed by atoms with Crippen molar-refractivity contribution < 1.29 is 9.21 Å². The first-order valence-electron chi connectivity index (χ1n) is 6.49. The SMILES string of the molecule is C/C(=C\NC(=O)NCc1ccco1)C1CCCC1. The van der Waals surface area contributed by atoms with E-state index in [1.807, 2.05) is 12.3 Å². The Hall–Kier alpha value is -1.71. The fourth-order valence-electron chi connectivity index (χ4n) is 2.31. The Morgan fingerprint density at radius 2 is 2.28 bits per heavy atom. The summed E-state index contributed by atoms with van der Waals surface area (Å²) in [7, 11) is 0. The Balaban J connectivity index is 1.72. The van der Waals surface area contributed by atoms with E-state index in [1.54, 1.807) is 12.3 Å². The van der Waals surface area contributed by atoms with Crippen molar-refractivity contribution in [2.45, 2.75) is 39.2 Å². The first-order chi connectivity index (χ1) is 8.75. The van der Waals surface area contributed by atoms with Gasteiger partial charge < -0.3 is 15.1 Å².